The minimum absolute atomic E-state index is 0.0904. The molecule has 1 heterocycles. The number of aryl methyl sites for hydroxylation is 2. The fourth-order valence-electron chi connectivity index (χ4n) is 3.25. The molecule has 1 aliphatic rings. The Bertz CT molecular complexity index is 759. The van der Waals surface area contributed by atoms with Gasteiger partial charge in [0.1, 0.15) is 0 Å². The molecule has 0 spiro atoms. The first kappa shape index (κ1) is 22.1. The second-order valence-electron chi connectivity index (χ2n) is 7.28. The average molecular weight is 441 g/mol. The maximum absolute atomic E-state index is 5.03. The Hall–Kier alpha value is -1.24. The quantitative estimate of drug-likeness (QED) is 0.414. The molecule has 2 aromatic rings. The van der Waals surface area contributed by atoms with E-state index in [1.165, 1.54) is 22.5 Å². The van der Waals surface area contributed by atoms with E-state index < -0.39 is 0 Å². The van der Waals surface area contributed by atoms with Crippen LogP contribution in [0.25, 0.3) is 5.43 Å². The van der Waals surface area contributed by atoms with Gasteiger partial charge in [0.15, 0.2) is 0 Å². The molecule has 146 valence electrons. The molecule has 0 unspecified atom stereocenters. The monoisotopic (exact) mass is 440 g/mol. The van der Waals surface area contributed by atoms with Crippen molar-refractivity contribution in [2.45, 2.75) is 40.5 Å². The third-order valence-corrected chi connectivity index (χ3v) is 4.81. The van der Waals surface area contributed by atoms with Crippen molar-refractivity contribution in [1.82, 2.24) is 4.68 Å². The van der Waals surface area contributed by atoms with E-state index in [-0.39, 0.29) is 18.8 Å². The minimum atomic E-state index is -0.181. The van der Waals surface area contributed by atoms with Crippen molar-refractivity contribution < 1.29 is 13.4 Å². The van der Waals surface area contributed by atoms with Gasteiger partial charge in [0.2, 0.25) is 0 Å². The number of benzene rings is 1. The molecular formula is C22H26Cl2CrN2-2. The van der Waals surface area contributed by atoms with Crippen LogP contribution in [0.1, 0.15) is 43.6 Å². The summed E-state index contributed by atoms with van der Waals surface area (Å²) in [4.78, 5) is 0. The molecule has 0 amide bonds. The van der Waals surface area contributed by atoms with Crippen molar-refractivity contribution in [2.24, 2.45) is 5.41 Å². The van der Waals surface area contributed by atoms with E-state index >= 15 is 0 Å². The van der Waals surface area contributed by atoms with E-state index in [0.717, 1.165) is 18.9 Å². The Morgan fingerprint density at radius 1 is 1.07 bits per heavy atom. The van der Waals surface area contributed by atoms with Crippen LogP contribution in [0.4, 0.5) is 0 Å². The Labute approximate surface area is 178 Å². The molecule has 2 nitrogen and oxygen atoms in total. The molecule has 0 aliphatic heterocycles. The molecule has 0 saturated heterocycles. The topological polar surface area (TPSA) is 19.0 Å². The zero-order valence-electron chi connectivity index (χ0n) is 16.2. The molecule has 0 N–H and O–H groups in total. The number of hydrogen-bond acceptors (Lipinski definition) is 0. The van der Waals surface area contributed by atoms with Crippen molar-refractivity contribution >= 4 is 20.1 Å². The summed E-state index contributed by atoms with van der Waals surface area (Å²) in [6.07, 6.45) is 8.63. The van der Waals surface area contributed by atoms with E-state index in [1.54, 1.807) is 0 Å². The van der Waals surface area contributed by atoms with Gasteiger partial charge >= 0.3 is 33.5 Å². The van der Waals surface area contributed by atoms with Gasteiger partial charge in [0.05, 0.1) is 0 Å². The van der Waals surface area contributed by atoms with Crippen LogP contribution in [0.3, 0.4) is 0 Å². The van der Waals surface area contributed by atoms with Gasteiger partial charge in [-0.05, 0) is 37.8 Å². The molecule has 3 rings (SSSR count). The second-order valence-corrected chi connectivity index (χ2v) is 9.39. The number of aromatic nitrogens is 1. The van der Waals surface area contributed by atoms with Crippen molar-refractivity contribution in [1.29, 1.82) is 0 Å². The second kappa shape index (κ2) is 10.3. The van der Waals surface area contributed by atoms with Crippen LogP contribution in [0.2, 0.25) is 0 Å². The predicted octanol–water partition coefficient (Wildman–Crippen LogP) is 7.50. The zero-order chi connectivity index (χ0) is 19.9. The Morgan fingerprint density at radius 3 is 2.19 bits per heavy atom. The molecule has 1 aromatic carbocycles. The fourth-order valence-corrected chi connectivity index (χ4v) is 3.25. The van der Waals surface area contributed by atoms with E-state index in [4.69, 9.17) is 25.5 Å². The van der Waals surface area contributed by atoms with Crippen LogP contribution in [-0.2, 0) is 13.4 Å². The molecule has 0 bridgehead atoms. The molecule has 1 aromatic heterocycles. The van der Waals surface area contributed by atoms with Gasteiger partial charge in [-0.3, -0.25) is 6.04 Å². The van der Waals surface area contributed by atoms with Gasteiger partial charge in [-0.2, -0.15) is 12.1 Å². The van der Waals surface area contributed by atoms with Crippen LogP contribution >= 0.6 is 20.1 Å². The van der Waals surface area contributed by atoms with Crippen LogP contribution in [0, 0.1) is 25.3 Å². The van der Waals surface area contributed by atoms with Gasteiger partial charge in [-0.1, -0.05) is 50.1 Å². The van der Waals surface area contributed by atoms with Crippen molar-refractivity contribution in [3.05, 3.63) is 94.7 Å². The molecule has 0 atom stereocenters. The number of halogens is 2. The SMILES string of the molecule is Cc1ccc(C)n1[N-][C-](CC(C)(C)C1=CC=CC1)c1ccccc1.[Cl][Cr][Cl]. The first-order valence-electron chi connectivity index (χ1n) is 8.93. The van der Waals surface area contributed by atoms with Crippen molar-refractivity contribution in [3.63, 3.8) is 0 Å². The summed E-state index contributed by atoms with van der Waals surface area (Å²) in [5.74, 6) is 0. The Morgan fingerprint density at radius 2 is 1.67 bits per heavy atom. The van der Waals surface area contributed by atoms with E-state index in [0.29, 0.717) is 0 Å². The predicted molar refractivity (Wildman–Crippen MR) is 113 cm³/mol. The first-order valence-corrected chi connectivity index (χ1v) is 12.4. The summed E-state index contributed by atoms with van der Waals surface area (Å²) in [5.41, 5.74) is 10.1. The van der Waals surface area contributed by atoms with Crippen molar-refractivity contribution in [2.75, 3.05) is 0 Å². The van der Waals surface area contributed by atoms with Crippen molar-refractivity contribution in [3.8, 4) is 0 Å². The normalized spacial score (nSPS) is 13.0. The standard InChI is InChI=1S/C22H26N2.2ClH.Cr/c1-17-14-15-18(2)24(17)23-21(19-10-6-5-7-11-19)16-22(3,4)20-12-8-9-13-20;;;/h5-12,14-15H,13,16H2,1-4H3;2*1H;/q-2;;;+2/p-2. The number of rotatable bonds is 6. The third kappa shape index (κ3) is 6.13. The first-order chi connectivity index (χ1) is 12.9. The van der Waals surface area contributed by atoms with Gasteiger partial charge in [0, 0.05) is 11.4 Å². The van der Waals surface area contributed by atoms with Crippen LogP contribution in [0.15, 0.2) is 66.3 Å². The van der Waals surface area contributed by atoms with Crippen LogP contribution in [-0.4, -0.2) is 4.68 Å². The van der Waals surface area contributed by atoms with E-state index in [2.05, 4.69) is 93.1 Å². The summed E-state index contributed by atoms with van der Waals surface area (Å²) < 4.78 is 2.06. The molecule has 1 aliphatic carbocycles. The Balaban J connectivity index is 0.000000817. The molecule has 0 saturated carbocycles. The molecule has 0 fully saturated rings. The molecule has 0 radical (unpaired) electrons. The number of hydrogen-bond donors (Lipinski definition) is 0. The molecule has 5 heteroatoms. The number of nitrogens with zero attached hydrogens (tertiary/aromatic N) is 2. The van der Waals surface area contributed by atoms with Gasteiger partial charge in [-0.15, -0.1) is 12.1 Å². The summed E-state index contributed by atoms with van der Waals surface area (Å²) in [7, 11) is 9.65. The van der Waals surface area contributed by atoms with E-state index in [9.17, 15) is 0 Å². The average Bonchev–Trinajstić information content (AvgIpc) is 3.29. The zero-order valence-corrected chi connectivity index (χ0v) is 19.0. The summed E-state index contributed by atoms with van der Waals surface area (Å²) in [6, 6.07) is 15.9. The van der Waals surface area contributed by atoms with Gasteiger partial charge < -0.3 is 10.1 Å². The molecule has 27 heavy (non-hydrogen) atoms. The van der Waals surface area contributed by atoms with Gasteiger partial charge in [0.25, 0.3) is 0 Å². The summed E-state index contributed by atoms with van der Waals surface area (Å²) in [5, 5.41) is 0. The maximum atomic E-state index is 5.03. The fraction of sp³-hybridized carbons (Fsp3) is 0.318. The van der Waals surface area contributed by atoms with Gasteiger partial charge in [-0.25, -0.2) is 5.56 Å². The third-order valence-electron chi connectivity index (χ3n) is 4.81. The Kier molecular flexibility index (Phi) is 8.45. The van der Waals surface area contributed by atoms with Crippen LogP contribution in [0.5, 0.6) is 0 Å². The summed E-state index contributed by atoms with van der Waals surface area (Å²) >= 11 is -0.181. The van der Waals surface area contributed by atoms with Crippen LogP contribution < -0.4 is 0 Å². The summed E-state index contributed by atoms with van der Waals surface area (Å²) in [6.45, 7) is 8.85. The molecular weight excluding hydrogens is 415 g/mol. The van der Waals surface area contributed by atoms with E-state index in [1.807, 2.05) is 0 Å². The number of allylic oxidation sites excluding steroid dienone is 4.